The standard InChI is InChI=1S/C20H25N5S2/c21-18-16-8-4-5-9-17(16)22-19(23-18)24-10-12-25(13-11-24)20(26)27-14-15-6-2-1-3-7-15/h1-3,6-7H,4-5,8-14H2,(H2,21,22,23). The number of nitrogens with zero attached hydrogens (tertiary/aromatic N) is 4. The predicted octanol–water partition coefficient (Wildman–Crippen LogP) is 3.28. The molecule has 1 aliphatic heterocycles. The van der Waals surface area contributed by atoms with Crippen LogP contribution >= 0.6 is 24.0 Å². The maximum Gasteiger partial charge on any atom is 0.227 e. The van der Waals surface area contributed by atoms with Gasteiger partial charge in [-0.15, -0.1) is 0 Å². The Kier molecular flexibility index (Phi) is 5.78. The van der Waals surface area contributed by atoms with Gasteiger partial charge in [-0.2, -0.15) is 4.98 Å². The number of aromatic nitrogens is 2. The van der Waals surface area contributed by atoms with E-state index in [1.54, 1.807) is 11.8 Å². The minimum atomic E-state index is 0.672. The highest BCUT2D eigenvalue weighted by atomic mass is 32.2. The third-order valence-electron chi connectivity index (χ3n) is 5.23. The van der Waals surface area contributed by atoms with E-state index in [4.69, 9.17) is 22.9 Å². The number of anilines is 2. The second kappa shape index (κ2) is 8.44. The van der Waals surface area contributed by atoms with E-state index in [2.05, 4.69) is 39.0 Å². The van der Waals surface area contributed by atoms with Gasteiger partial charge in [0.2, 0.25) is 5.95 Å². The molecule has 2 heterocycles. The predicted molar refractivity (Wildman–Crippen MR) is 117 cm³/mol. The van der Waals surface area contributed by atoms with Crippen LogP contribution in [0.4, 0.5) is 11.8 Å². The summed E-state index contributed by atoms with van der Waals surface area (Å²) < 4.78 is 0.976. The summed E-state index contributed by atoms with van der Waals surface area (Å²) in [6, 6.07) is 10.5. The van der Waals surface area contributed by atoms with E-state index in [1.807, 2.05) is 6.07 Å². The molecule has 0 unspecified atom stereocenters. The average molecular weight is 400 g/mol. The second-order valence-electron chi connectivity index (χ2n) is 7.06. The smallest absolute Gasteiger partial charge is 0.227 e. The molecule has 0 radical (unpaired) electrons. The monoisotopic (exact) mass is 399 g/mol. The maximum atomic E-state index is 6.21. The van der Waals surface area contributed by atoms with E-state index in [0.717, 1.165) is 60.7 Å². The molecule has 1 saturated heterocycles. The molecule has 27 heavy (non-hydrogen) atoms. The van der Waals surface area contributed by atoms with E-state index in [9.17, 15) is 0 Å². The molecule has 7 heteroatoms. The number of benzene rings is 1. The number of hydrogen-bond donors (Lipinski definition) is 1. The molecule has 0 atom stereocenters. The van der Waals surface area contributed by atoms with Gasteiger partial charge in [0.15, 0.2) is 0 Å². The Labute approximate surface area is 170 Å². The Morgan fingerprint density at radius 1 is 1.04 bits per heavy atom. The zero-order valence-electron chi connectivity index (χ0n) is 15.4. The van der Waals surface area contributed by atoms with Crippen molar-refractivity contribution in [3.05, 3.63) is 47.2 Å². The summed E-state index contributed by atoms with van der Waals surface area (Å²) in [5.74, 6) is 2.38. The molecule has 1 aromatic heterocycles. The summed E-state index contributed by atoms with van der Waals surface area (Å²) in [5.41, 5.74) is 9.84. The Hall–Kier alpha value is -1.86. The van der Waals surface area contributed by atoms with Crippen molar-refractivity contribution in [3.63, 3.8) is 0 Å². The number of thioether (sulfide) groups is 1. The van der Waals surface area contributed by atoms with E-state index in [0.29, 0.717) is 5.82 Å². The van der Waals surface area contributed by atoms with Crippen molar-refractivity contribution < 1.29 is 0 Å². The number of fused-ring (bicyclic) bond motifs is 1. The Bertz CT molecular complexity index is 804. The number of thiocarbonyl (C=S) groups is 1. The van der Waals surface area contributed by atoms with Gasteiger partial charge >= 0.3 is 0 Å². The van der Waals surface area contributed by atoms with Crippen molar-refractivity contribution in [2.24, 2.45) is 0 Å². The summed E-state index contributed by atoms with van der Waals surface area (Å²) >= 11 is 7.39. The van der Waals surface area contributed by atoms with Gasteiger partial charge in [-0.25, -0.2) is 4.98 Å². The molecule has 142 valence electrons. The summed E-state index contributed by atoms with van der Waals surface area (Å²) in [6.45, 7) is 3.57. The van der Waals surface area contributed by atoms with Crippen LogP contribution in [0.5, 0.6) is 0 Å². The third-order valence-corrected chi connectivity index (χ3v) is 6.82. The number of nitrogen functional groups attached to an aromatic ring is 1. The van der Waals surface area contributed by atoms with Crippen molar-refractivity contribution in [1.82, 2.24) is 14.9 Å². The Morgan fingerprint density at radius 2 is 1.78 bits per heavy atom. The lowest BCUT2D eigenvalue weighted by Gasteiger charge is -2.36. The molecule has 2 aliphatic rings. The third kappa shape index (κ3) is 4.35. The van der Waals surface area contributed by atoms with Crippen LogP contribution in [0.3, 0.4) is 0 Å². The fraction of sp³-hybridized carbons (Fsp3) is 0.450. The van der Waals surface area contributed by atoms with E-state index in [1.165, 1.54) is 24.0 Å². The van der Waals surface area contributed by atoms with Crippen molar-refractivity contribution >= 4 is 40.1 Å². The molecule has 0 bridgehead atoms. The van der Waals surface area contributed by atoms with Gasteiger partial charge in [-0.3, -0.25) is 0 Å². The second-order valence-corrected chi connectivity index (χ2v) is 8.66. The summed E-state index contributed by atoms with van der Waals surface area (Å²) in [7, 11) is 0. The lowest BCUT2D eigenvalue weighted by Crippen LogP contribution is -2.48. The molecule has 1 fully saturated rings. The van der Waals surface area contributed by atoms with Crippen LogP contribution in [0.2, 0.25) is 0 Å². The number of piperazine rings is 1. The fourth-order valence-electron chi connectivity index (χ4n) is 3.65. The van der Waals surface area contributed by atoms with Crippen molar-refractivity contribution in [2.75, 3.05) is 36.8 Å². The minimum Gasteiger partial charge on any atom is -0.383 e. The number of aryl methyl sites for hydroxylation is 1. The number of nitrogens with two attached hydrogens (primary N) is 1. The molecular formula is C20H25N5S2. The molecule has 0 saturated carbocycles. The van der Waals surface area contributed by atoms with E-state index >= 15 is 0 Å². The van der Waals surface area contributed by atoms with Crippen molar-refractivity contribution in [1.29, 1.82) is 0 Å². The fourth-order valence-corrected chi connectivity index (χ4v) is 4.86. The highest BCUT2D eigenvalue weighted by Crippen LogP contribution is 2.26. The van der Waals surface area contributed by atoms with Gasteiger partial charge in [0, 0.05) is 37.5 Å². The van der Waals surface area contributed by atoms with Crippen molar-refractivity contribution in [3.8, 4) is 0 Å². The van der Waals surface area contributed by atoms with Gasteiger partial charge in [0.1, 0.15) is 10.1 Å². The maximum absolute atomic E-state index is 6.21. The van der Waals surface area contributed by atoms with Crippen molar-refractivity contribution in [2.45, 2.75) is 31.4 Å². The zero-order chi connectivity index (χ0) is 18.6. The molecular weight excluding hydrogens is 374 g/mol. The van der Waals surface area contributed by atoms with Crippen LogP contribution in [0.1, 0.15) is 29.7 Å². The molecule has 0 amide bonds. The van der Waals surface area contributed by atoms with Gasteiger partial charge in [0.05, 0.1) is 5.69 Å². The largest absolute Gasteiger partial charge is 0.383 e. The van der Waals surface area contributed by atoms with Crippen LogP contribution in [0, 0.1) is 0 Å². The zero-order valence-corrected chi connectivity index (χ0v) is 17.1. The van der Waals surface area contributed by atoms with Crippen LogP contribution in [-0.4, -0.2) is 45.4 Å². The van der Waals surface area contributed by atoms with E-state index in [-0.39, 0.29) is 0 Å². The van der Waals surface area contributed by atoms with Gasteiger partial charge in [-0.1, -0.05) is 54.3 Å². The Morgan fingerprint density at radius 3 is 2.56 bits per heavy atom. The number of rotatable bonds is 3. The molecule has 5 nitrogen and oxygen atoms in total. The molecule has 0 spiro atoms. The van der Waals surface area contributed by atoms with Gasteiger partial charge in [-0.05, 0) is 31.2 Å². The van der Waals surface area contributed by atoms with Crippen LogP contribution < -0.4 is 10.6 Å². The average Bonchev–Trinajstić information content (AvgIpc) is 2.73. The first kappa shape index (κ1) is 18.5. The SMILES string of the molecule is Nc1nc(N2CCN(C(=S)SCc3ccccc3)CC2)nc2c1CCCC2. The molecule has 4 rings (SSSR count). The lowest BCUT2D eigenvalue weighted by atomic mass is 9.96. The summed E-state index contributed by atoms with van der Waals surface area (Å²) in [4.78, 5) is 13.9. The van der Waals surface area contributed by atoms with Crippen LogP contribution in [-0.2, 0) is 18.6 Å². The summed E-state index contributed by atoms with van der Waals surface area (Å²) in [6.07, 6.45) is 4.43. The van der Waals surface area contributed by atoms with Gasteiger partial charge < -0.3 is 15.5 Å². The molecule has 1 aromatic carbocycles. The summed E-state index contributed by atoms with van der Waals surface area (Å²) in [5, 5.41) is 0. The number of hydrogen-bond acceptors (Lipinski definition) is 6. The van der Waals surface area contributed by atoms with Crippen LogP contribution in [0.25, 0.3) is 0 Å². The van der Waals surface area contributed by atoms with E-state index < -0.39 is 0 Å². The quantitative estimate of drug-likeness (QED) is 0.795. The first-order valence-corrected chi connectivity index (χ1v) is 11.0. The first-order valence-electron chi connectivity index (χ1n) is 9.56. The highest BCUT2D eigenvalue weighted by molar-refractivity contribution is 8.22. The molecule has 1 aliphatic carbocycles. The first-order chi connectivity index (χ1) is 13.2. The molecule has 2 N–H and O–H groups in total. The Balaban J connectivity index is 1.33. The lowest BCUT2D eigenvalue weighted by molar-refractivity contribution is 0.394. The van der Waals surface area contributed by atoms with Crippen LogP contribution in [0.15, 0.2) is 30.3 Å². The topological polar surface area (TPSA) is 58.3 Å². The van der Waals surface area contributed by atoms with Gasteiger partial charge in [0.25, 0.3) is 0 Å². The normalized spacial score (nSPS) is 16.9. The highest BCUT2D eigenvalue weighted by Gasteiger charge is 2.23. The molecule has 2 aromatic rings. The minimum absolute atomic E-state index is 0.672.